The standard InChI is InChI=1S/C18H27NO2/c1-12(2)21-15-9-14(10-19-11-15)18(4,5)16-7-6-13(3)8-17(16)20/h9-13,16H,6-8H2,1-5H3. The van der Waals surface area contributed by atoms with Gasteiger partial charge in [-0.3, -0.25) is 9.78 Å². The molecule has 0 spiro atoms. The number of pyridine rings is 1. The molecule has 3 nitrogen and oxygen atoms in total. The molecule has 1 heterocycles. The lowest BCUT2D eigenvalue weighted by atomic mass is 9.65. The topological polar surface area (TPSA) is 39.2 Å². The maximum atomic E-state index is 12.4. The van der Waals surface area contributed by atoms with Crippen molar-refractivity contribution >= 4 is 5.78 Å². The summed E-state index contributed by atoms with van der Waals surface area (Å²) in [7, 11) is 0. The van der Waals surface area contributed by atoms with E-state index in [1.54, 1.807) is 6.20 Å². The van der Waals surface area contributed by atoms with E-state index in [-0.39, 0.29) is 17.4 Å². The number of ether oxygens (including phenoxy) is 1. The first-order valence-electron chi connectivity index (χ1n) is 7.95. The smallest absolute Gasteiger partial charge is 0.138 e. The Morgan fingerprint density at radius 2 is 2.00 bits per heavy atom. The molecule has 2 unspecified atom stereocenters. The van der Waals surface area contributed by atoms with Gasteiger partial charge in [-0.1, -0.05) is 20.8 Å². The number of Topliss-reactive ketones (excluding diaryl/α,β-unsaturated/α-hetero) is 1. The van der Waals surface area contributed by atoms with E-state index in [2.05, 4.69) is 25.8 Å². The monoisotopic (exact) mass is 289 g/mol. The summed E-state index contributed by atoms with van der Waals surface area (Å²) < 4.78 is 5.73. The number of ketones is 1. The second kappa shape index (κ2) is 6.17. The number of aromatic nitrogens is 1. The van der Waals surface area contributed by atoms with Crippen molar-refractivity contribution in [2.24, 2.45) is 11.8 Å². The summed E-state index contributed by atoms with van der Waals surface area (Å²) in [6.07, 6.45) is 6.56. The average Bonchev–Trinajstić information content (AvgIpc) is 2.37. The van der Waals surface area contributed by atoms with E-state index in [9.17, 15) is 4.79 Å². The van der Waals surface area contributed by atoms with Crippen LogP contribution in [0.5, 0.6) is 5.75 Å². The molecular weight excluding hydrogens is 262 g/mol. The molecule has 116 valence electrons. The predicted octanol–water partition coefficient (Wildman–Crippen LogP) is 4.15. The van der Waals surface area contributed by atoms with Crippen molar-refractivity contribution in [1.29, 1.82) is 0 Å². The fourth-order valence-corrected chi connectivity index (χ4v) is 3.27. The number of hydrogen-bond acceptors (Lipinski definition) is 3. The summed E-state index contributed by atoms with van der Waals surface area (Å²) >= 11 is 0. The highest BCUT2D eigenvalue weighted by molar-refractivity contribution is 5.83. The normalized spacial score (nSPS) is 23.4. The molecule has 1 aliphatic carbocycles. The Labute approximate surface area is 128 Å². The molecule has 0 saturated heterocycles. The minimum Gasteiger partial charge on any atom is -0.489 e. The van der Waals surface area contributed by atoms with Gasteiger partial charge in [-0.2, -0.15) is 0 Å². The van der Waals surface area contributed by atoms with Crippen LogP contribution in [0.4, 0.5) is 0 Å². The molecule has 1 fully saturated rings. The Hall–Kier alpha value is -1.38. The second-order valence-corrected chi connectivity index (χ2v) is 7.20. The first-order chi connectivity index (χ1) is 9.80. The summed E-state index contributed by atoms with van der Waals surface area (Å²) in [5.41, 5.74) is 0.897. The zero-order valence-electron chi connectivity index (χ0n) is 13.8. The Balaban J connectivity index is 2.24. The van der Waals surface area contributed by atoms with Crippen molar-refractivity contribution < 1.29 is 9.53 Å². The van der Waals surface area contributed by atoms with Crippen molar-refractivity contribution in [2.75, 3.05) is 0 Å². The maximum absolute atomic E-state index is 12.4. The lowest BCUT2D eigenvalue weighted by Crippen LogP contribution is -2.38. The largest absolute Gasteiger partial charge is 0.489 e. The van der Waals surface area contributed by atoms with Crippen LogP contribution in [0, 0.1) is 11.8 Å². The number of carbonyl (C=O) groups excluding carboxylic acids is 1. The number of rotatable bonds is 4. The highest BCUT2D eigenvalue weighted by Gasteiger charge is 2.39. The molecule has 1 aromatic heterocycles. The minimum absolute atomic E-state index is 0.0878. The van der Waals surface area contributed by atoms with E-state index >= 15 is 0 Å². The van der Waals surface area contributed by atoms with Gasteiger partial charge in [0.1, 0.15) is 11.5 Å². The third-order valence-corrected chi connectivity index (χ3v) is 4.59. The first kappa shape index (κ1) is 16.0. The molecule has 2 rings (SSSR count). The van der Waals surface area contributed by atoms with Crippen LogP contribution in [0.25, 0.3) is 0 Å². The van der Waals surface area contributed by atoms with Crippen LogP contribution in [0.3, 0.4) is 0 Å². The van der Waals surface area contributed by atoms with Gasteiger partial charge in [0.2, 0.25) is 0 Å². The van der Waals surface area contributed by atoms with Gasteiger partial charge in [0.25, 0.3) is 0 Å². The van der Waals surface area contributed by atoms with Gasteiger partial charge < -0.3 is 4.74 Å². The molecule has 1 aromatic rings. The molecule has 0 radical (unpaired) electrons. The summed E-state index contributed by atoms with van der Waals surface area (Å²) in [5.74, 6) is 1.80. The van der Waals surface area contributed by atoms with Crippen LogP contribution in [-0.2, 0) is 10.2 Å². The molecule has 0 amide bonds. The van der Waals surface area contributed by atoms with Gasteiger partial charge >= 0.3 is 0 Å². The van der Waals surface area contributed by atoms with Crippen LogP contribution in [0.1, 0.15) is 59.4 Å². The maximum Gasteiger partial charge on any atom is 0.138 e. The van der Waals surface area contributed by atoms with E-state index in [4.69, 9.17) is 4.74 Å². The summed E-state index contributed by atoms with van der Waals surface area (Å²) in [5, 5.41) is 0. The van der Waals surface area contributed by atoms with Crippen molar-refractivity contribution in [2.45, 2.75) is 65.4 Å². The van der Waals surface area contributed by atoms with Gasteiger partial charge in [0.15, 0.2) is 0 Å². The van der Waals surface area contributed by atoms with Gasteiger partial charge in [0, 0.05) is 24.0 Å². The van der Waals surface area contributed by atoms with E-state index in [1.807, 2.05) is 26.1 Å². The Bertz CT molecular complexity index is 508. The van der Waals surface area contributed by atoms with Gasteiger partial charge in [-0.05, 0) is 44.2 Å². The third-order valence-electron chi connectivity index (χ3n) is 4.59. The van der Waals surface area contributed by atoms with E-state index in [1.165, 1.54) is 0 Å². The average molecular weight is 289 g/mol. The molecule has 0 aliphatic heterocycles. The highest BCUT2D eigenvalue weighted by Crippen LogP contribution is 2.40. The van der Waals surface area contributed by atoms with Gasteiger partial charge in [-0.25, -0.2) is 0 Å². The van der Waals surface area contributed by atoms with Crippen LogP contribution in [0.2, 0.25) is 0 Å². The van der Waals surface area contributed by atoms with Crippen molar-refractivity contribution in [3.05, 3.63) is 24.0 Å². The molecular formula is C18H27NO2. The summed E-state index contributed by atoms with van der Waals surface area (Å²) in [4.78, 5) is 16.7. The lowest BCUT2D eigenvalue weighted by molar-refractivity contribution is -0.128. The Morgan fingerprint density at radius 1 is 1.29 bits per heavy atom. The molecule has 0 aromatic carbocycles. The van der Waals surface area contributed by atoms with Crippen molar-refractivity contribution in [3.63, 3.8) is 0 Å². The molecule has 0 N–H and O–H groups in total. The summed E-state index contributed by atoms with van der Waals surface area (Å²) in [6, 6.07) is 2.04. The fourth-order valence-electron chi connectivity index (χ4n) is 3.27. The van der Waals surface area contributed by atoms with Gasteiger partial charge in [-0.15, -0.1) is 0 Å². The molecule has 21 heavy (non-hydrogen) atoms. The van der Waals surface area contributed by atoms with E-state index < -0.39 is 0 Å². The number of nitrogens with zero attached hydrogens (tertiary/aromatic N) is 1. The molecule has 0 bridgehead atoms. The summed E-state index contributed by atoms with van der Waals surface area (Å²) in [6.45, 7) is 10.5. The number of hydrogen-bond donors (Lipinski definition) is 0. The van der Waals surface area contributed by atoms with Crippen molar-refractivity contribution in [3.8, 4) is 5.75 Å². The molecule has 1 aliphatic rings. The number of carbonyl (C=O) groups is 1. The van der Waals surface area contributed by atoms with E-state index in [0.29, 0.717) is 18.1 Å². The molecule has 2 atom stereocenters. The SMILES string of the molecule is CC1CCC(C(C)(C)c2cncc(OC(C)C)c2)C(=O)C1. The quantitative estimate of drug-likeness (QED) is 0.835. The first-order valence-corrected chi connectivity index (χ1v) is 7.95. The van der Waals surface area contributed by atoms with E-state index in [0.717, 1.165) is 24.2 Å². The van der Waals surface area contributed by atoms with Crippen LogP contribution < -0.4 is 4.74 Å². The highest BCUT2D eigenvalue weighted by atomic mass is 16.5. The van der Waals surface area contributed by atoms with Crippen LogP contribution in [0.15, 0.2) is 18.5 Å². The second-order valence-electron chi connectivity index (χ2n) is 7.20. The molecule has 1 saturated carbocycles. The Kier molecular flexibility index (Phi) is 4.70. The lowest BCUT2D eigenvalue weighted by Gasteiger charge is -2.37. The fraction of sp³-hybridized carbons (Fsp3) is 0.667. The van der Waals surface area contributed by atoms with Gasteiger partial charge in [0.05, 0.1) is 12.3 Å². The predicted molar refractivity (Wildman–Crippen MR) is 84.5 cm³/mol. The Morgan fingerprint density at radius 3 is 2.62 bits per heavy atom. The molecule has 3 heteroatoms. The minimum atomic E-state index is -0.194. The van der Waals surface area contributed by atoms with Crippen molar-refractivity contribution in [1.82, 2.24) is 4.98 Å². The van der Waals surface area contributed by atoms with Crippen LogP contribution in [-0.4, -0.2) is 16.9 Å². The zero-order chi connectivity index (χ0) is 15.6. The zero-order valence-corrected chi connectivity index (χ0v) is 13.8. The third kappa shape index (κ3) is 3.63. The van der Waals surface area contributed by atoms with Crippen LogP contribution >= 0.6 is 0 Å².